The molecule has 7 heteroatoms. The van der Waals surface area contributed by atoms with Crippen LogP contribution in [-0.4, -0.2) is 51.9 Å². The van der Waals surface area contributed by atoms with Gasteiger partial charge in [0.2, 0.25) is 5.56 Å². The number of amides is 1. The van der Waals surface area contributed by atoms with Gasteiger partial charge in [-0.05, 0) is 37.8 Å². The van der Waals surface area contributed by atoms with E-state index in [1.54, 1.807) is 23.5 Å². The average molecular weight is 358 g/mol. The van der Waals surface area contributed by atoms with E-state index < -0.39 is 0 Å². The summed E-state index contributed by atoms with van der Waals surface area (Å²) in [6.07, 6.45) is 5.12. The first-order valence-corrected chi connectivity index (χ1v) is 9.53. The Hall–Kier alpha value is -1.99. The Labute approximate surface area is 150 Å². The molecule has 1 amide bonds. The van der Waals surface area contributed by atoms with Crippen molar-refractivity contribution in [1.29, 1.82) is 0 Å². The van der Waals surface area contributed by atoms with Crippen molar-refractivity contribution in [1.82, 2.24) is 19.8 Å². The van der Waals surface area contributed by atoms with Gasteiger partial charge >= 0.3 is 0 Å². The molecule has 0 aromatic carbocycles. The molecule has 0 bridgehead atoms. The van der Waals surface area contributed by atoms with Crippen molar-refractivity contribution in [3.8, 4) is 0 Å². The normalized spacial score (nSPS) is 21.7. The first-order chi connectivity index (χ1) is 12.1. The van der Waals surface area contributed by atoms with Crippen LogP contribution in [0.1, 0.15) is 34.8 Å². The van der Waals surface area contributed by atoms with Gasteiger partial charge in [0.15, 0.2) is 0 Å². The lowest BCUT2D eigenvalue weighted by Gasteiger charge is -2.34. The molecule has 0 unspecified atom stereocenters. The van der Waals surface area contributed by atoms with Gasteiger partial charge in [0.1, 0.15) is 10.7 Å². The number of aromatic nitrogens is 2. The molecule has 132 valence electrons. The molecular formula is C18H22N4O2S. The second-order valence-corrected chi connectivity index (χ2v) is 8.12. The topological polar surface area (TPSA) is 69.3 Å². The van der Waals surface area contributed by atoms with Crippen LogP contribution in [0.4, 0.5) is 0 Å². The summed E-state index contributed by atoms with van der Waals surface area (Å²) in [6, 6.07) is 5.32. The van der Waals surface area contributed by atoms with Gasteiger partial charge < -0.3 is 9.88 Å². The maximum absolute atomic E-state index is 12.5. The lowest BCUT2D eigenvalue weighted by Crippen LogP contribution is -2.41. The highest BCUT2D eigenvalue weighted by atomic mass is 32.1. The zero-order chi connectivity index (χ0) is 17.4. The third-order valence-electron chi connectivity index (χ3n) is 5.59. The number of H-pyrrole nitrogens is 1. The smallest absolute Gasteiger partial charge is 0.270 e. The lowest BCUT2D eigenvalue weighted by molar-refractivity contribution is 0.0651. The minimum absolute atomic E-state index is 0.0686. The highest BCUT2D eigenvalue weighted by molar-refractivity contribution is 7.09. The number of hydrogen-bond donors (Lipinski definition) is 1. The van der Waals surface area contributed by atoms with Crippen LogP contribution in [0.15, 0.2) is 34.6 Å². The van der Waals surface area contributed by atoms with Crippen LogP contribution < -0.4 is 5.56 Å². The Morgan fingerprint density at radius 3 is 2.92 bits per heavy atom. The number of thiazole rings is 1. The van der Waals surface area contributed by atoms with Crippen LogP contribution in [0.2, 0.25) is 0 Å². The van der Waals surface area contributed by atoms with Crippen LogP contribution in [0.5, 0.6) is 0 Å². The number of nitrogens with zero attached hydrogens (tertiary/aromatic N) is 3. The van der Waals surface area contributed by atoms with Crippen molar-refractivity contribution in [3.63, 3.8) is 0 Å². The summed E-state index contributed by atoms with van der Waals surface area (Å²) in [5, 5.41) is 3.18. The molecule has 25 heavy (non-hydrogen) atoms. The Bertz CT molecular complexity index is 808. The van der Waals surface area contributed by atoms with Crippen molar-refractivity contribution in [3.05, 3.63) is 50.8 Å². The van der Waals surface area contributed by atoms with Gasteiger partial charge in [0.25, 0.3) is 5.91 Å². The minimum Gasteiger partial charge on any atom is -0.337 e. The van der Waals surface area contributed by atoms with Gasteiger partial charge in [-0.3, -0.25) is 14.5 Å². The van der Waals surface area contributed by atoms with E-state index in [-0.39, 0.29) is 11.5 Å². The number of aromatic amines is 1. The number of piperidine rings is 1. The first kappa shape index (κ1) is 16.5. The third kappa shape index (κ3) is 3.26. The number of carbonyl (C=O) groups is 1. The summed E-state index contributed by atoms with van der Waals surface area (Å²) >= 11 is 1.70. The Balaban J connectivity index is 1.34. The van der Waals surface area contributed by atoms with E-state index in [4.69, 9.17) is 0 Å². The molecular weight excluding hydrogens is 336 g/mol. The van der Waals surface area contributed by atoms with Crippen LogP contribution in [0.3, 0.4) is 0 Å². The van der Waals surface area contributed by atoms with Crippen molar-refractivity contribution in [2.75, 3.05) is 20.1 Å². The van der Waals surface area contributed by atoms with Gasteiger partial charge in [-0.25, -0.2) is 4.98 Å². The first-order valence-electron chi connectivity index (χ1n) is 8.65. The van der Waals surface area contributed by atoms with Crippen molar-refractivity contribution in [2.45, 2.75) is 31.8 Å². The van der Waals surface area contributed by atoms with Crippen LogP contribution >= 0.6 is 11.3 Å². The number of rotatable bonds is 4. The Morgan fingerprint density at radius 1 is 1.44 bits per heavy atom. The maximum atomic E-state index is 12.5. The summed E-state index contributed by atoms with van der Waals surface area (Å²) in [5.74, 6) is -0.0686. The second-order valence-electron chi connectivity index (χ2n) is 7.14. The zero-order valence-corrected chi connectivity index (χ0v) is 15.1. The average Bonchev–Trinajstić information content (AvgIpc) is 3.06. The monoisotopic (exact) mass is 358 g/mol. The molecule has 1 N–H and O–H groups in total. The van der Waals surface area contributed by atoms with Gasteiger partial charge in [0, 0.05) is 36.8 Å². The van der Waals surface area contributed by atoms with E-state index in [9.17, 15) is 9.59 Å². The van der Waals surface area contributed by atoms with E-state index in [2.05, 4.69) is 21.9 Å². The van der Waals surface area contributed by atoms with E-state index >= 15 is 0 Å². The summed E-state index contributed by atoms with van der Waals surface area (Å²) in [7, 11) is 2.17. The quantitative estimate of drug-likeness (QED) is 0.907. The van der Waals surface area contributed by atoms with E-state index in [1.807, 2.05) is 16.5 Å². The second kappa shape index (κ2) is 6.38. The third-order valence-corrected chi connectivity index (χ3v) is 6.36. The van der Waals surface area contributed by atoms with Crippen molar-refractivity contribution < 1.29 is 4.79 Å². The molecule has 6 nitrogen and oxygen atoms in total. The predicted octanol–water partition coefficient (Wildman–Crippen LogP) is 1.96. The molecule has 1 spiro atoms. The molecule has 1 atom stereocenters. The summed E-state index contributed by atoms with van der Waals surface area (Å²) < 4.78 is 0. The number of likely N-dealkylation sites (tertiary alicyclic amines) is 1. The SMILES string of the molecule is CN(Cc1nccs1)[C@@H]1CC12CCN(C(=O)c1cccc(=O)[nH]1)CC2. The van der Waals surface area contributed by atoms with Crippen LogP contribution in [0.25, 0.3) is 0 Å². The highest BCUT2D eigenvalue weighted by Gasteiger charge is 2.56. The highest BCUT2D eigenvalue weighted by Crippen LogP contribution is 2.56. The molecule has 0 radical (unpaired) electrons. The van der Waals surface area contributed by atoms with E-state index in [0.717, 1.165) is 37.5 Å². The fourth-order valence-corrected chi connectivity index (χ4v) is 4.72. The minimum atomic E-state index is -0.231. The molecule has 3 heterocycles. The number of hydrogen-bond acceptors (Lipinski definition) is 5. The summed E-state index contributed by atoms with van der Waals surface area (Å²) in [6.45, 7) is 2.42. The Morgan fingerprint density at radius 2 is 2.24 bits per heavy atom. The van der Waals surface area contributed by atoms with Crippen molar-refractivity contribution in [2.24, 2.45) is 5.41 Å². The number of carbonyl (C=O) groups excluding carboxylic acids is 1. The molecule has 2 aromatic rings. The van der Waals surface area contributed by atoms with Gasteiger partial charge in [-0.1, -0.05) is 6.07 Å². The fraction of sp³-hybridized carbons (Fsp3) is 0.500. The van der Waals surface area contributed by atoms with Crippen LogP contribution in [0, 0.1) is 5.41 Å². The molecule has 4 rings (SSSR count). The van der Waals surface area contributed by atoms with Crippen molar-refractivity contribution >= 4 is 17.2 Å². The molecule has 1 aliphatic carbocycles. The molecule has 1 aliphatic heterocycles. The van der Waals surface area contributed by atoms with E-state index in [1.165, 1.54) is 12.5 Å². The van der Waals surface area contributed by atoms with Crippen LogP contribution in [-0.2, 0) is 6.54 Å². The maximum Gasteiger partial charge on any atom is 0.270 e. The largest absolute Gasteiger partial charge is 0.337 e. The fourth-order valence-electron chi connectivity index (χ4n) is 4.04. The standard InChI is InChI=1S/C18H22N4O2S/c1-21(12-16-19-7-10-25-16)14-11-18(14)5-8-22(9-6-18)17(24)13-3-2-4-15(23)20-13/h2-4,7,10,14H,5-6,8-9,11-12H2,1H3,(H,20,23)/t14-/m1/s1. The molecule has 2 aromatic heterocycles. The van der Waals surface area contributed by atoms with Gasteiger partial charge in [0.05, 0.1) is 6.54 Å². The van der Waals surface area contributed by atoms with E-state index in [0.29, 0.717) is 17.2 Å². The lowest BCUT2D eigenvalue weighted by atomic mass is 9.92. The predicted molar refractivity (Wildman–Crippen MR) is 96.6 cm³/mol. The molecule has 2 aliphatic rings. The summed E-state index contributed by atoms with van der Waals surface area (Å²) in [4.78, 5) is 35.2. The van der Waals surface area contributed by atoms with Gasteiger partial charge in [-0.2, -0.15) is 0 Å². The zero-order valence-electron chi connectivity index (χ0n) is 14.3. The van der Waals surface area contributed by atoms with Gasteiger partial charge in [-0.15, -0.1) is 11.3 Å². The molecule has 2 fully saturated rings. The molecule has 1 saturated carbocycles. The summed E-state index contributed by atoms with van der Waals surface area (Å²) in [5.41, 5.74) is 0.509. The number of pyridine rings is 1. The molecule has 1 saturated heterocycles. The Kier molecular flexibility index (Phi) is 4.21. The number of nitrogens with one attached hydrogen (secondary N) is 1.